The second-order valence-electron chi connectivity index (χ2n) is 17.4. The first-order valence-electron chi connectivity index (χ1n) is 21.9. The van der Waals surface area contributed by atoms with Gasteiger partial charge in [0.25, 0.3) is 5.91 Å². The number of amides is 2. The minimum absolute atomic E-state index is 0.137. The molecule has 316 valence electrons. The van der Waals surface area contributed by atoms with Gasteiger partial charge in [-0.1, -0.05) is 42.5 Å². The van der Waals surface area contributed by atoms with Gasteiger partial charge in [0.1, 0.15) is 24.4 Å². The highest BCUT2D eigenvalue weighted by atomic mass is 16.5. The van der Waals surface area contributed by atoms with Gasteiger partial charge in [-0.25, -0.2) is 9.97 Å². The van der Waals surface area contributed by atoms with Gasteiger partial charge in [-0.3, -0.25) is 14.5 Å². The van der Waals surface area contributed by atoms with E-state index < -0.39 is 6.04 Å². The predicted octanol–water partition coefficient (Wildman–Crippen LogP) is 6.06. The summed E-state index contributed by atoms with van der Waals surface area (Å²) in [7, 11) is 1.57. The predicted molar refractivity (Wildman–Crippen MR) is 232 cm³/mol. The first-order chi connectivity index (χ1) is 29.3. The van der Waals surface area contributed by atoms with Crippen molar-refractivity contribution in [3.63, 3.8) is 0 Å². The monoisotopic (exact) mass is 813 g/mol. The molecule has 4 aliphatic heterocycles. The normalized spacial score (nSPS) is 20.6. The fourth-order valence-corrected chi connectivity index (χ4v) is 10.2. The number of aldehydes is 1. The first-order valence-corrected chi connectivity index (χ1v) is 21.9. The zero-order chi connectivity index (χ0) is 41.5. The van der Waals surface area contributed by atoms with Crippen molar-refractivity contribution in [2.24, 2.45) is 11.3 Å². The molecule has 2 saturated heterocycles. The molecule has 2 atom stereocenters. The molecule has 3 aromatic carbocycles. The Balaban J connectivity index is 0.000000241. The van der Waals surface area contributed by atoms with Crippen LogP contribution in [-0.4, -0.2) is 108 Å². The van der Waals surface area contributed by atoms with Crippen LogP contribution in [-0.2, 0) is 29.0 Å². The number of rotatable bonds is 8. The molecule has 1 spiro atoms. The highest BCUT2D eigenvalue weighted by Crippen LogP contribution is 2.53. The molecule has 60 heavy (non-hydrogen) atoms. The van der Waals surface area contributed by atoms with E-state index in [4.69, 9.17) is 4.74 Å². The van der Waals surface area contributed by atoms with E-state index in [1.165, 1.54) is 56.1 Å². The van der Waals surface area contributed by atoms with Crippen molar-refractivity contribution < 1.29 is 24.2 Å². The number of nitrogens with zero attached hydrogens (tertiary/aromatic N) is 6. The smallest absolute Gasteiger partial charge is 0.255 e. The number of ether oxygens (including phenoxy) is 1. The summed E-state index contributed by atoms with van der Waals surface area (Å²) in [6.07, 6.45) is 15.0. The van der Waals surface area contributed by atoms with Gasteiger partial charge in [-0.2, -0.15) is 0 Å². The lowest BCUT2D eigenvalue weighted by Crippen LogP contribution is -2.59. The summed E-state index contributed by atoms with van der Waals surface area (Å²) in [5.74, 6) is 2.48. The molecule has 2 unspecified atom stereocenters. The van der Waals surface area contributed by atoms with Crippen LogP contribution in [0.3, 0.4) is 0 Å². The molecule has 2 amide bonds. The van der Waals surface area contributed by atoms with Crippen LogP contribution in [0.1, 0.15) is 78.4 Å². The van der Waals surface area contributed by atoms with E-state index in [0.29, 0.717) is 36.3 Å². The van der Waals surface area contributed by atoms with E-state index in [9.17, 15) is 19.5 Å². The molecular weight excluding hydrogens is 755 g/mol. The number of aromatic hydroxyl groups is 1. The Kier molecular flexibility index (Phi) is 12.9. The number of carbonyl (C=O) groups excluding carboxylic acids is 3. The Hall–Kier alpha value is -5.49. The zero-order valence-corrected chi connectivity index (χ0v) is 34.9. The van der Waals surface area contributed by atoms with E-state index in [1.807, 2.05) is 73.1 Å². The van der Waals surface area contributed by atoms with Crippen LogP contribution < -0.4 is 19.9 Å². The molecule has 12 heteroatoms. The van der Waals surface area contributed by atoms with Crippen molar-refractivity contribution in [2.45, 2.75) is 82.8 Å². The molecule has 5 heterocycles. The average molecular weight is 814 g/mol. The van der Waals surface area contributed by atoms with Crippen molar-refractivity contribution >= 4 is 29.7 Å². The molecular formula is C48H59N7O5. The van der Waals surface area contributed by atoms with E-state index in [2.05, 4.69) is 36.1 Å². The van der Waals surface area contributed by atoms with E-state index in [1.54, 1.807) is 18.0 Å². The lowest BCUT2D eigenvalue weighted by Gasteiger charge is -2.54. The standard InChI is InChI=1S/C32H41N7O4.C10H12O.C6H6/c1-33-29(41)4-3-24(20-40)39-18-23-13-27-28(14-26(23)30(39)42)43-21-25-19-36(11-12-38(25)27)17-22-15-32(16-22)5-9-37(10-6-32)31-34-7-2-8-35-31;11-10-6-5-8-3-1-2-4-9(8)7-10;1-2-4-6-5-3-1/h2,7-8,13-14,20,22,24-25H,3-6,9-12,15-19,21H2,1H3,(H,33,41);5-7,11H,1-4H2;1-6H. The van der Waals surface area contributed by atoms with E-state index in [0.717, 1.165) is 80.8 Å². The van der Waals surface area contributed by atoms with Gasteiger partial charge in [0, 0.05) is 77.2 Å². The Morgan fingerprint density at radius 3 is 2.35 bits per heavy atom. The molecule has 3 fully saturated rings. The second kappa shape index (κ2) is 18.8. The van der Waals surface area contributed by atoms with Gasteiger partial charge < -0.3 is 34.7 Å². The molecule has 1 aromatic heterocycles. The average Bonchev–Trinajstić information content (AvgIpc) is 3.60. The third kappa shape index (κ3) is 9.44. The maximum Gasteiger partial charge on any atom is 0.255 e. The number of carbonyl (C=O) groups is 3. The molecule has 2 N–H and O–H groups in total. The molecule has 0 radical (unpaired) electrons. The summed E-state index contributed by atoms with van der Waals surface area (Å²) in [5, 5.41) is 11.8. The van der Waals surface area contributed by atoms with Gasteiger partial charge >= 0.3 is 0 Å². The van der Waals surface area contributed by atoms with Crippen molar-refractivity contribution in [3.05, 3.63) is 107 Å². The SMILES string of the molecule is CNC(=O)CCC(C=O)N1Cc2cc3c(cc2C1=O)OCC1CN(CC2CC4(CCN(c5ncccn5)CC4)C2)CCN31.Oc1ccc2c(c1)CCCC2.c1ccccc1. The van der Waals surface area contributed by atoms with Crippen LogP contribution in [0.2, 0.25) is 0 Å². The number of aryl methyl sites for hydroxylation is 2. The summed E-state index contributed by atoms with van der Waals surface area (Å²) in [6.45, 7) is 7.17. The number of piperidine rings is 1. The molecule has 4 aromatic rings. The number of hydrogen-bond acceptors (Lipinski definition) is 10. The molecule has 2 aliphatic carbocycles. The lowest BCUT2D eigenvalue weighted by atomic mass is 9.57. The number of anilines is 2. The Labute approximate surface area is 353 Å². The Morgan fingerprint density at radius 1 is 0.933 bits per heavy atom. The fraction of sp³-hybridized carbons (Fsp3) is 0.479. The number of fused-ring (bicyclic) bond motifs is 5. The van der Waals surface area contributed by atoms with Crippen LogP contribution >= 0.6 is 0 Å². The number of benzene rings is 3. The third-order valence-corrected chi connectivity index (χ3v) is 13.4. The highest BCUT2D eigenvalue weighted by molar-refractivity contribution is 6.01. The molecule has 0 bridgehead atoms. The van der Waals surface area contributed by atoms with Crippen LogP contribution in [0.5, 0.6) is 11.5 Å². The summed E-state index contributed by atoms with van der Waals surface area (Å²) >= 11 is 0. The molecule has 12 nitrogen and oxygen atoms in total. The second-order valence-corrected chi connectivity index (χ2v) is 17.4. The van der Waals surface area contributed by atoms with Crippen molar-refractivity contribution in [1.29, 1.82) is 0 Å². The van der Waals surface area contributed by atoms with Gasteiger partial charge in [0.05, 0.1) is 17.8 Å². The molecule has 6 aliphatic rings. The quantitative estimate of drug-likeness (QED) is 0.203. The summed E-state index contributed by atoms with van der Waals surface area (Å²) in [4.78, 5) is 54.7. The number of phenols is 1. The lowest BCUT2D eigenvalue weighted by molar-refractivity contribution is -0.121. The zero-order valence-electron chi connectivity index (χ0n) is 34.9. The van der Waals surface area contributed by atoms with Crippen LogP contribution in [0.15, 0.2) is 85.2 Å². The van der Waals surface area contributed by atoms with Crippen LogP contribution in [0.25, 0.3) is 0 Å². The minimum atomic E-state index is -0.623. The number of aromatic nitrogens is 2. The van der Waals surface area contributed by atoms with Crippen LogP contribution in [0, 0.1) is 11.3 Å². The maximum absolute atomic E-state index is 13.2. The number of nitrogens with one attached hydrogen (secondary N) is 1. The number of hydrogen-bond donors (Lipinski definition) is 2. The Bertz CT molecular complexity index is 2060. The maximum atomic E-state index is 13.2. The van der Waals surface area contributed by atoms with Gasteiger partial charge in [0.15, 0.2) is 0 Å². The van der Waals surface area contributed by atoms with Crippen molar-refractivity contribution in [3.8, 4) is 11.5 Å². The fourth-order valence-electron chi connectivity index (χ4n) is 10.2. The minimum Gasteiger partial charge on any atom is -0.508 e. The van der Waals surface area contributed by atoms with Gasteiger partial charge in [0.2, 0.25) is 11.9 Å². The van der Waals surface area contributed by atoms with Crippen molar-refractivity contribution in [2.75, 3.05) is 62.7 Å². The van der Waals surface area contributed by atoms with Gasteiger partial charge in [-0.05, 0) is 116 Å². The van der Waals surface area contributed by atoms with Crippen molar-refractivity contribution in [1.82, 2.24) is 25.1 Å². The Morgan fingerprint density at radius 2 is 1.65 bits per heavy atom. The number of phenolic OH excluding ortho intramolecular Hbond substituents is 1. The first kappa shape index (κ1) is 41.3. The van der Waals surface area contributed by atoms with E-state index >= 15 is 0 Å². The number of piperazine rings is 1. The summed E-state index contributed by atoms with van der Waals surface area (Å²) in [5.41, 5.74) is 5.84. The molecule has 10 rings (SSSR count). The third-order valence-electron chi connectivity index (χ3n) is 13.4. The van der Waals surface area contributed by atoms with Gasteiger partial charge in [-0.15, -0.1) is 0 Å². The molecule has 1 saturated carbocycles. The largest absolute Gasteiger partial charge is 0.508 e. The van der Waals surface area contributed by atoms with E-state index in [-0.39, 0.29) is 24.3 Å². The topological polar surface area (TPSA) is 131 Å². The summed E-state index contributed by atoms with van der Waals surface area (Å²) < 4.78 is 6.24. The summed E-state index contributed by atoms with van der Waals surface area (Å²) in [6, 6.07) is 23.2. The van der Waals surface area contributed by atoms with Crippen LogP contribution in [0.4, 0.5) is 11.6 Å². The highest BCUT2D eigenvalue weighted by Gasteiger charge is 2.47.